The molecule has 0 bridgehead atoms. The van der Waals surface area contributed by atoms with E-state index in [4.69, 9.17) is 0 Å². The van der Waals surface area contributed by atoms with Crippen molar-refractivity contribution in [1.29, 1.82) is 0 Å². The lowest BCUT2D eigenvalue weighted by Crippen LogP contribution is -2.31. The molecule has 1 N–H and O–H groups in total. The summed E-state index contributed by atoms with van der Waals surface area (Å²) in [7, 11) is 1.88. The Labute approximate surface area is 190 Å². The van der Waals surface area contributed by atoms with E-state index in [0.717, 1.165) is 48.6 Å². The minimum absolute atomic E-state index is 0. The molecule has 4 rings (SSSR count). The molecule has 1 saturated heterocycles. The highest BCUT2D eigenvalue weighted by molar-refractivity contribution is 5.85. The van der Waals surface area contributed by atoms with Crippen LogP contribution in [0.4, 0.5) is 0 Å². The summed E-state index contributed by atoms with van der Waals surface area (Å²) in [4.78, 5) is 18.8. The molecule has 2 heterocycles. The summed E-state index contributed by atoms with van der Waals surface area (Å²) in [5.41, 5.74) is 4.55. The zero-order valence-electron chi connectivity index (χ0n) is 17.3. The molecule has 1 unspecified atom stereocenters. The van der Waals surface area contributed by atoms with E-state index in [0.29, 0.717) is 13.0 Å². The average molecular weight is 449 g/mol. The third-order valence-electron chi connectivity index (χ3n) is 5.69. The van der Waals surface area contributed by atoms with E-state index in [2.05, 4.69) is 45.2 Å². The number of rotatable bonds is 7. The number of carbonyl (C=O) groups is 1. The number of carbonyl (C=O) groups excluding carboxylic acids is 1. The number of hydrogen-bond acceptors (Lipinski definition) is 3. The summed E-state index contributed by atoms with van der Waals surface area (Å²) in [6.45, 7) is 3.68. The highest BCUT2D eigenvalue weighted by Gasteiger charge is 2.15. The van der Waals surface area contributed by atoms with Crippen LogP contribution in [0.5, 0.6) is 0 Å². The van der Waals surface area contributed by atoms with Crippen LogP contribution in [0.25, 0.3) is 11.0 Å². The first-order valence-electron chi connectivity index (χ1n) is 10.1. The Balaban J connectivity index is 0.00000160. The monoisotopic (exact) mass is 448 g/mol. The van der Waals surface area contributed by atoms with Gasteiger partial charge in [-0.25, -0.2) is 4.98 Å². The molecule has 3 aromatic rings. The van der Waals surface area contributed by atoms with Crippen molar-refractivity contribution in [3.63, 3.8) is 0 Å². The maximum absolute atomic E-state index is 12.6. The fraction of sp³-hybridized carbons (Fsp3) is 0.391. The molecule has 1 aromatic heterocycles. The summed E-state index contributed by atoms with van der Waals surface area (Å²) in [5.74, 6) is 0.898. The molecule has 0 saturated carbocycles. The molecule has 1 amide bonds. The van der Waals surface area contributed by atoms with Crippen LogP contribution in [-0.4, -0.2) is 47.0 Å². The topological polar surface area (TPSA) is 50.2 Å². The van der Waals surface area contributed by atoms with Crippen LogP contribution in [0.1, 0.15) is 17.5 Å². The van der Waals surface area contributed by atoms with E-state index >= 15 is 0 Å². The number of nitrogens with zero attached hydrogens (tertiary/aromatic N) is 3. The van der Waals surface area contributed by atoms with Crippen LogP contribution in [0.2, 0.25) is 0 Å². The van der Waals surface area contributed by atoms with Gasteiger partial charge in [0, 0.05) is 20.1 Å². The molecule has 1 aliphatic heterocycles. The predicted octanol–water partition coefficient (Wildman–Crippen LogP) is 3.73. The highest BCUT2D eigenvalue weighted by atomic mass is 35.5. The Kier molecular flexibility index (Phi) is 9.15. The lowest BCUT2D eigenvalue weighted by molar-refractivity contribution is -0.129. The third-order valence-corrected chi connectivity index (χ3v) is 5.69. The Morgan fingerprint density at radius 2 is 1.87 bits per heavy atom. The highest BCUT2D eigenvalue weighted by Crippen LogP contribution is 2.16. The van der Waals surface area contributed by atoms with Crippen LogP contribution in [0, 0.1) is 5.92 Å². The summed E-state index contributed by atoms with van der Waals surface area (Å²) in [6.07, 6.45) is 4.69. The number of halogens is 2. The van der Waals surface area contributed by atoms with Crippen molar-refractivity contribution < 1.29 is 4.79 Å². The van der Waals surface area contributed by atoms with Gasteiger partial charge >= 0.3 is 0 Å². The maximum Gasteiger partial charge on any atom is 0.226 e. The molecule has 2 aromatic carbocycles. The maximum atomic E-state index is 12.6. The Bertz CT molecular complexity index is 936. The van der Waals surface area contributed by atoms with Crippen LogP contribution in [0.15, 0.2) is 54.9 Å². The van der Waals surface area contributed by atoms with Crippen molar-refractivity contribution >= 4 is 41.8 Å². The largest absolute Gasteiger partial charge is 0.344 e. The number of amides is 1. The second-order valence-electron chi connectivity index (χ2n) is 7.80. The molecule has 0 aliphatic carbocycles. The zero-order valence-corrected chi connectivity index (χ0v) is 18.9. The second kappa shape index (κ2) is 11.3. The van der Waals surface area contributed by atoms with Gasteiger partial charge in [0.25, 0.3) is 0 Å². The van der Waals surface area contributed by atoms with Gasteiger partial charge in [-0.05, 0) is 55.1 Å². The Hall–Kier alpha value is -2.08. The number of aromatic nitrogens is 2. The first-order chi connectivity index (χ1) is 13.7. The third kappa shape index (κ3) is 5.97. The number of fused-ring (bicyclic) bond motifs is 1. The Morgan fingerprint density at radius 1 is 1.13 bits per heavy atom. The molecule has 0 spiro atoms. The van der Waals surface area contributed by atoms with Gasteiger partial charge in [0.2, 0.25) is 5.91 Å². The van der Waals surface area contributed by atoms with E-state index in [-0.39, 0.29) is 30.7 Å². The van der Waals surface area contributed by atoms with Crippen LogP contribution < -0.4 is 5.32 Å². The lowest BCUT2D eigenvalue weighted by atomic mass is 9.97. The summed E-state index contributed by atoms with van der Waals surface area (Å²) >= 11 is 0. The van der Waals surface area contributed by atoms with E-state index < -0.39 is 0 Å². The van der Waals surface area contributed by atoms with Gasteiger partial charge in [-0.3, -0.25) is 4.79 Å². The van der Waals surface area contributed by atoms with E-state index in [1.165, 1.54) is 12.0 Å². The molecule has 0 radical (unpaired) electrons. The minimum atomic E-state index is 0. The molecule has 1 fully saturated rings. The molecule has 1 atom stereocenters. The van der Waals surface area contributed by atoms with E-state index in [9.17, 15) is 4.79 Å². The summed E-state index contributed by atoms with van der Waals surface area (Å²) in [5, 5.41) is 3.42. The van der Waals surface area contributed by atoms with E-state index in [1.807, 2.05) is 36.5 Å². The zero-order chi connectivity index (χ0) is 19.3. The van der Waals surface area contributed by atoms with Crippen molar-refractivity contribution in [3.05, 3.63) is 66.0 Å². The van der Waals surface area contributed by atoms with Gasteiger partial charge in [0.05, 0.1) is 23.8 Å². The van der Waals surface area contributed by atoms with Crippen LogP contribution >= 0.6 is 24.8 Å². The van der Waals surface area contributed by atoms with Crippen molar-refractivity contribution in [2.24, 2.45) is 5.92 Å². The van der Waals surface area contributed by atoms with Gasteiger partial charge in [-0.2, -0.15) is 0 Å². The SMILES string of the molecule is CN(CCn1cnc2ccccc21)C(=O)Cc1ccc(CC2CCNC2)cc1.Cl.Cl. The van der Waals surface area contributed by atoms with Crippen LogP contribution in [0.3, 0.4) is 0 Å². The quantitative estimate of drug-likeness (QED) is 0.598. The number of benzene rings is 2. The van der Waals surface area contributed by atoms with Crippen molar-refractivity contribution in [2.75, 3.05) is 26.7 Å². The van der Waals surface area contributed by atoms with Gasteiger partial charge in [0.15, 0.2) is 0 Å². The fourth-order valence-corrected chi connectivity index (χ4v) is 3.90. The van der Waals surface area contributed by atoms with Crippen molar-refractivity contribution in [3.8, 4) is 0 Å². The first kappa shape index (κ1) is 24.2. The molecular formula is C23H30Cl2N4O. The smallest absolute Gasteiger partial charge is 0.226 e. The van der Waals surface area contributed by atoms with Gasteiger partial charge in [0.1, 0.15) is 0 Å². The normalized spacial score (nSPS) is 15.4. The van der Waals surface area contributed by atoms with Gasteiger partial charge in [-0.15, -0.1) is 24.8 Å². The number of hydrogen-bond donors (Lipinski definition) is 1. The van der Waals surface area contributed by atoms with Gasteiger partial charge < -0.3 is 14.8 Å². The number of para-hydroxylation sites is 2. The summed E-state index contributed by atoms with van der Waals surface area (Å²) < 4.78 is 2.10. The Morgan fingerprint density at radius 3 is 2.60 bits per heavy atom. The molecule has 162 valence electrons. The number of nitrogens with one attached hydrogen (secondary N) is 1. The minimum Gasteiger partial charge on any atom is -0.344 e. The number of likely N-dealkylation sites (N-methyl/N-ethyl adjacent to an activating group) is 1. The van der Waals surface area contributed by atoms with E-state index in [1.54, 1.807) is 0 Å². The van der Waals surface area contributed by atoms with Crippen LogP contribution in [-0.2, 0) is 24.2 Å². The van der Waals surface area contributed by atoms with Gasteiger partial charge in [-0.1, -0.05) is 36.4 Å². The number of imidazole rings is 1. The van der Waals surface area contributed by atoms with Crippen molar-refractivity contribution in [2.45, 2.75) is 25.8 Å². The molecular weight excluding hydrogens is 419 g/mol. The predicted molar refractivity (Wildman–Crippen MR) is 127 cm³/mol. The molecule has 30 heavy (non-hydrogen) atoms. The molecule has 5 nitrogen and oxygen atoms in total. The summed E-state index contributed by atoms with van der Waals surface area (Å²) in [6, 6.07) is 16.6. The molecule has 1 aliphatic rings. The average Bonchev–Trinajstić information content (AvgIpc) is 3.37. The molecule has 7 heteroatoms. The standard InChI is InChI=1S/C23H28N4O.2ClH/c1-26(12-13-27-17-25-21-4-2-3-5-22(21)27)23(28)15-19-8-6-18(7-9-19)14-20-10-11-24-16-20;;/h2-9,17,20,24H,10-16H2,1H3;2*1H. The second-order valence-corrected chi connectivity index (χ2v) is 7.80. The fourth-order valence-electron chi connectivity index (χ4n) is 3.90. The first-order valence-corrected chi connectivity index (χ1v) is 10.1. The van der Waals surface area contributed by atoms with Crippen molar-refractivity contribution in [1.82, 2.24) is 19.8 Å². The lowest BCUT2D eigenvalue weighted by Gasteiger charge is -2.18.